The molecule has 6 nitrogen and oxygen atoms in total. The number of phenolic OH excluding ortho intramolecular Hbond substituents is 2. The van der Waals surface area contributed by atoms with Gasteiger partial charge in [-0.05, 0) is 35.8 Å². The Hall–Kier alpha value is -1.79. The predicted octanol–water partition coefficient (Wildman–Crippen LogP) is 2.88. The minimum absolute atomic E-state index is 0.0170. The average molecular weight is 376 g/mol. The number of carbonyl (C=O) groups excluding carboxylic acids is 1. The lowest BCUT2D eigenvalue weighted by atomic mass is 9.48. The van der Waals surface area contributed by atoms with Crippen LogP contribution in [-0.4, -0.2) is 40.6 Å². The first kappa shape index (κ1) is 18.6. The number of rotatable bonds is 2. The van der Waals surface area contributed by atoms with Gasteiger partial charge in [0.25, 0.3) is 0 Å². The summed E-state index contributed by atoms with van der Waals surface area (Å²) < 4.78 is 11.6. The minimum Gasteiger partial charge on any atom is -0.504 e. The second kappa shape index (κ2) is 5.61. The Bertz CT molecular complexity index is 813. The fourth-order valence-corrected chi connectivity index (χ4v) is 6.07. The van der Waals surface area contributed by atoms with E-state index in [1.54, 1.807) is 7.11 Å². The number of aliphatic hydroxyl groups is 1. The van der Waals surface area contributed by atoms with E-state index in [1.165, 1.54) is 0 Å². The van der Waals surface area contributed by atoms with Gasteiger partial charge in [-0.2, -0.15) is 0 Å². The molecule has 4 rings (SSSR count). The van der Waals surface area contributed by atoms with Gasteiger partial charge in [-0.15, -0.1) is 0 Å². The first-order valence-electron chi connectivity index (χ1n) is 9.57. The normalized spacial score (nSPS) is 36.3. The number of benzene rings is 1. The number of hydrogen-bond donors (Lipinski definition) is 3. The van der Waals surface area contributed by atoms with E-state index >= 15 is 0 Å². The van der Waals surface area contributed by atoms with Gasteiger partial charge in [0.15, 0.2) is 11.5 Å². The van der Waals surface area contributed by atoms with Crippen LogP contribution in [0.1, 0.15) is 69.2 Å². The van der Waals surface area contributed by atoms with Crippen LogP contribution in [0.15, 0.2) is 6.07 Å². The first-order chi connectivity index (χ1) is 12.6. The summed E-state index contributed by atoms with van der Waals surface area (Å²) in [5.74, 6) is -1.21. The van der Waals surface area contributed by atoms with Gasteiger partial charge in [0.05, 0.1) is 6.10 Å². The van der Waals surface area contributed by atoms with Crippen LogP contribution >= 0.6 is 0 Å². The van der Waals surface area contributed by atoms with Crippen LogP contribution in [0.4, 0.5) is 0 Å². The molecule has 2 bridgehead atoms. The zero-order valence-electron chi connectivity index (χ0n) is 16.4. The SMILES string of the molecule is COC1c2cc(C(C)C)c(O)c(O)c2C23CC(O)CC(C)(C)C2C1OC3=O. The number of ether oxygens (including phenoxy) is 2. The maximum Gasteiger partial charge on any atom is 0.317 e. The third-order valence-corrected chi connectivity index (χ3v) is 6.89. The Morgan fingerprint density at radius 3 is 2.48 bits per heavy atom. The zero-order chi connectivity index (χ0) is 19.9. The summed E-state index contributed by atoms with van der Waals surface area (Å²) in [6.07, 6.45) is -0.992. The highest BCUT2D eigenvalue weighted by molar-refractivity contribution is 5.90. The van der Waals surface area contributed by atoms with E-state index in [2.05, 4.69) is 0 Å². The van der Waals surface area contributed by atoms with Gasteiger partial charge in [-0.25, -0.2) is 0 Å². The molecule has 5 unspecified atom stereocenters. The van der Waals surface area contributed by atoms with E-state index in [9.17, 15) is 20.1 Å². The van der Waals surface area contributed by atoms with Crippen molar-refractivity contribution in [2.75, 3.05) is 7.11 Å². The van der Waals surface area contributed by atoms with Gasteiger partial charge < -0.3 is 24.8 Å². The van der Waals surface area contributed by atoms with E-state index in [1.807, 2.05) is 33.8 Å². The topological polar surface area (TPSA) is 96.2 Å². The Balaban J connectivity index is 2.08. The summed E-state index contributed by atoms with van der Waals surface area (Å²) in [5.41, 5.74) is 0.0700. The molecular formula is C21H28O6. The standard InChI is InChI=1S/C21H28O6/c1-9(2)11-6-12-13(15(24)14(11)23)21-8-10(22)7-20(3,4)18(21)17(16(12)26-5)27-19(21)25/h6,9-10,16-18,22-24H,7-8H2,1-5H3. The predicted molar refractivity (Wildman–Crippen MR) is 97.7 cm³/mol. The fourth-order valence-electron chi connectivity index (χ4n) is 6.07. The molecule has 2 fully saturated rings. The smallest absolute Gasteiger partial charge is 0.317 e. The quantitative estimate of drug-likeness (QED) is 0.543. The van der Waals surface area contributed by atoms with Crippen molar-refractivity contribution >= 4 is 5.97 Å². The molecule has 3 N–H and O–H groups in total. The summed E-state index contributed by atoms with van der Waals surface area (Å²) in [4.78, 5) is 13.2. The number of esters is 1. The molecule has 0 amide bonds. The molecule has 27 heavy (non-hydrogen) atoms. The van der Waals surface area contributed by atoms with Crippen molar-refractivity contribution in [2.45, 2.75) is 70.2 Å². The van der Waals surface area contributed by atoms with Crippen molar-refractivity contribution in [3.63, 3.8) is 0 Å². The van der Waals surface area contributed by atoms with Crippen molar-refractivity contribution in [2.24, 2.45) is 11.3 Å². The van der Waals surface area contributed by atoms with Gasteiger partial charge in [-0.3, -0.25) is 4.79 Å². The van der Waals surface area contributed by atoms with Crippen molar-refractivity contribution in [3.8, 4) is 11.5 Å². The Kier molecular flexibility index (Phi) is 3.86. The highest BCUT2D eigenvalue weighted by atomic mass is 16.6. The van der Waals surface area contributed by atoms with E-state index in [0.29, 0.717) is 23.1 Å². The summed E-state index contributed by atoms with van der Waals surface area (Å²) in [7, 11) is 1.57. The summed E-state index contributed by atoms with van der Waals surface area (Å²) in [6, 6.07) is 1.82. The minimum atomic E-state index is -1.17. The van der Waals surface area contributed by atoms with Crippen molar-refractivity contribution in [1.82, 2.24) is 0 Å². The number of fused-ring (bicyclic) bond motifs is 1. The summed E-state index contributed by atoms with van der Waals surface area (Å²) in [5, 5.41) is 32.3. The molecule has 2 aliphatic carbocycles. The molecule has 1 aromatic carbocycles. The van der Waals surface area contributed by atoms with Gasteiger partial charge in [0.1, 0.15) is 17.6 Å². The summed E-state index contributed by atoms with van der Waals surface area (Å²) in [6.45, 7) is 7.88. The molecule has 5 atom stereocenters. The van der Waals surface area contributed by atoms with E-state index in [4.69, 9.17) is 9.47 Å². The van der Waals surface area contributed by atoms with Crippen LogP contribution in [0.2, 0.25) is 0 Å². The Labute approximate surface area is 159 Å². The van der Waals surface area contributed by atoms with Crippen LogP contribution in [0.3, 0.4) is 0 Å². The van der Waals surface area contributed by atoms with E-state index in [0.717, 1.165) is 0 Å². The van der Waals surface area contributed by atoms with Crippen molar-refractivity contribution < 1.29 is 29.6 Å². The monoisotopic (exact) mass is 376 g/mol. The van der Waals surface area contributed by atoms with Crippen LogP contribution < -0.4 is 0 Å². The number of phenols is 2. The molecule has 1 saturated carbocycles. The van der Waals surface area contributed by atoms with Gasteiger partial charge in [-0.1, -0.05) is 27.7 Å². The molecule has 1 saturated heterocycles. The second-order valence-corrected chi connectivity index (χ2v) is 9.31. The number of methoxy groups -OCH3 is 1. The maximum absolute atomic E-state index is 13.2. The average Bonchev–Trinajstić information content (AvgIpc) is 2.79. The third-order valence-electron chi connectivity index (χ3n) is 6.89. The van der Waals surface area contributed by atoms with E-state index < -0.39 is 35.1 Å². The van der Waals surface area contributed by atoms with Crippen molar-refractivity contribution in [1.29, 1.82) is 0 Å². The molecule has 148 valence electrons. The Morgan fingerprint density at radius 2 is 1.89 bits per heavy atom. The number of aliphatic hydroxyl groups excluding tert-OH is 1. The fraction of sp³-hybridized carbons (Fsp3) is 0.667. The molecule has 3 aliphatic rings. The molecule has 0 spiro atoms. The van der Waals surface area contributed by atoms with Gasteiger partial charge in [0, 0.05) is 24.2 Å². The largest absolute Gasteiger partial charge is 0.504 e. The van der Waals surface area contributed by atoms with Crippen molar-refractivity contribution in [3.05, 3.63) is 22.8 Å². The first-order valence-corrected chi connectivity index (χ1v) is 9.57. The molecule has 1 aromatic rings. The van der Waals surface area contributed by atoms with E-state index in [-0.39, 0.29) is 29.8 Å². The van der Waals surface area contributed by atoms with Crippen LogP contribution in [0.5, 0.6) is 11.5 Å². The molecular weight excluding hydrogens is 348 g/mol. The van der Waals surface area contributed by atoms with Crippen LogP contribution in [-0.2, 0) is 19.7 Å². The highest BCUT2D eigenvalue weighted by Crippen LogP contribution is 2.67. The second-order valence-electron chi connectivity index (χ2n) is 9.31. The lowest BCUT2D eigenvalue weighted by molar-refractivity contribution is -0.149. The number of aromatic hydroxyl groups is 2. The van der Waals surface area contributed by atoms with Crippen LogP contribution in [0.25, 0.3) is 0 Å². The molecule has 6 heteroatoms. The zero-order valence-corrected chi connectivity index (χ0v) is 16.4. The maximum atomic E-state index is 13.2. The molecule has 1 aliphatic heterocycles. The van der Waals surface area contributed by atoms with Gasteiger partial charge in [0.2, 0.25) is 0 Å². The third kappa shape index (κ3) is 2.17. The highest BCUT2D eigenvalue weighted by Gasteiger charge is 2.71. The lowest BCUT2D eigenvalue weighted by Gasteiger charge is -2.53. The van der Waals surface area contributed by atoms with Crippen LogP contribution in [0, 0.1) is 11.3 Å². The van der Waals surface area contributed by atoms with Gasteiger partial charge >= 0.3 is 5.97 Å². The molecule has 0 radical (unpaired) electrons. The summed E-state index contributed by atoms with van der Waals surface area (Å²) >= 11 is 0. The molecule has 0 aromatic heterocycles. The molecule has 1 heterocycles. The number of carbonyl (C=O) groups is 1. The lowest BCUT2D eigenvalue weighted by Crippen LogP contribution is -2.57. The number of hydrogen-bond acceptors (Lipinski definition) is 6. The Morgan fingerprint density at radius 1 is 1.22 bits per heavy atom.